The highest BCUT2D eigenvalue weighted by Gasteiger charge is 2.05. The molecule has 0 saturated heterocycles. The molecule has 0 unspecified atom stereocenters. The second-order valence-electron chi connectivity index (χ2n) is 4.54. The maximum Gasteiger partial charge on any atom is 0.251 e. The topological polar surface area (TPSA) is 41.1 Å². The van der Waals surface area contributed by atoms with Crippen LogP contribution < -0.4 is 10.6 Å². The minimum Gasteiger partial charge on any atom is -0.381 e. The first-order valence-corrected chi connectivity index (χ1v) is 7.45. The van der Waals surface area contributed by atoms with Gasteiger partial charge in [-0.2, -0.15) is 0 Å². The summed E-state index contributed by atoms with van der Waals surface area (Å²) in [4.78, 5) is 11.8. The highest BCUT2D eigenvalue weighted by molar-refractivity contribution is 9.10. The number of nitrogens with one attached hydrogen (secondary N) is 2. The van der Waals surface area contributed by atoms with E-state index in [1.54, 1.807) is 18.2 Å². The zero-order valence-corrected chi connectivity index (χ0v) is 13.2. The molecule has 110 valence electrons. The summed E-state index contributed by atoms with van der Waals surface area (Å²) in [5, 5.41) is 5.94. The van der Waals surface area contributed by atoms with Gasteiger partial charge in [-0.25, -0.2) is 4.39 Å². The molecule has 0 aliphatic heterocycles. The molecule has 1 amide bonds. The lowest BCUT2D eigenvalue weighted by Gasteiger charge is -2.09. The summed E-state index contributed by atoms with van der Waals surface area (Å²) >= 11 is 3.13. The number of rotatable bonds is 5. The summed E-state index contributed by atoms with van der Waals surface area (Å²) in [6.45, 7) is 2.96. The van der Waals surface area contributed by atoms with Gasteiger partial charge in [0.05, 0.1) is 4.47 Å². The third-order valence-electron chi connectivity index (χ3n) is 2.94. The van der Waals surface area contributed by atoms with Gasteiger partial charge in [-0.15, -0.1) is 0 Å². The number of anilines is 1. The van der Waals surface area contributed by atoms with Crippen LogP contribution in [0.1, 0.15) is 22.8 Å². The van der Waals surface area contributed by atoms with E-state index >= 15 is 0 Å². The molecule has 0 bridgehead atoms. The second-order valence-corrected chi connectivity index (χ2v) is 5.40. The van der Waals surface area contributed by atoms with Crippen molar-refractivity contribution in [2.45, 2.75) is 13.5 Å². The SMILES string of the molecule is CCNC(=O)c1cccc(NCc2ccc(Br)c(F)c2)c1. The van der Waals surface area contributed by atoms with E-state index in [4.69, 9.17) is 0 Å². The van der Waals surface area contributed by atoms with Crippen LogP contribution in [-0.2, 0) is 6.54 Å². The molecule has 0 radical (unpaired) electrons. The fourth-order valence-corrected chi connectivity index (χ4v) is 2.13. The molecule has 0 aliphatic rings. The largest absolute Gasteiger partial charge is 0.381 e. The van der Waals surface area contributed by atoms with Crippen LogP contribution in [0.15, 0.2) is 46.9 Å². The van der Waals surface area contributed by atoms with E-state index in [2.05, 4.69) is 26.6 Å². The molecular weight excluding hydrogens is 335 g/mol. The third kappa shape index (κ3) is 4.29. The molecule has 0 aliphatic carbocycles. The van der Waals surface area contributed by atoms with Crippen molar-refractivity contribution in [3.8, 4) is 0 Å². The molecule has 0 saturated carbocycles. The average Bonchev–Trinajstić information content (AvgIpc) is 2.49. The van der Waals surface area contributed by atoms with Crippen molar-refractivity contribution >= 4 is 27.5 Å². The molecule has 2 rings (SSSR count). The zero-order chi connectivity index (χ0) is 15.2. The van der Waals surface area contributed by atoms with Crippen LogP contribution in [0.4, 0.5) is 10.1 Å². The molecule has 0 heterocycles. The van der Waals surface area contributed by atoms with Gasteiger partial charge >= 0.3 is 0 Å². The van der Waals surface area contributed by atoms with Gasteiger partial charge in [0.1, 0.15) is 5.82 Å². The normalized spacial score (nSPS) is 10.2. The molecule has 2 aromatic rings. The quantitative estimate of drug-likeness (QED) is 0.857. The molecule has 0 atom stereocenters. The molecule has 21 heavy (non-hydrogen) atoms. The highest BCUT2D eigenvalue weighted by atomic mass is 79.9. The van der Waals surface area contributed by atoms with E-state index in [1.165, 1.54) is 6.07 Å². The zero-order valence-electron chi connectivity index (χ0n) is 11.6. The molecule has 0 aromatic heterocycles. The molecule has 2 N–H and O–H groups in total. The van der Waals surface area contributed by atoms with Crippen molar-refractivity contribution in [3.63, 3.8) is 0 Å². The van der Waals surface area contributed by atoms with E-state index in [1.807, 2.05) is 25.1 Å². The van der Waals surface area contributed by atoms with Gasteiger partial charge in [-0.05, 0) is 58.7 Å². The van der Waals surface area contributed by atoms with Crippen LogP contribution in [0.5, 0.6) is 0 Å². The summed E-state index contributed by atoms with van der Waals surface area (Å²) in [5.41, 5.74) is 2.25. The Bertz CT molecular complexity index is 646. The summed E-state index contributed by atoms with van der Waals surface area (Å²) in [5.74, 6) is -0.388. The summed E-state index contributed by atoms with van der Waals surface area (Å²) in [6.07, 6.45) is 0. The summed E-state index contributed by atoms with van der Waals surface area (Å²) in [6, 6.07) is 12.2. The Balaban J connectivity index is 2.04. The average molecular weight is 351 g/mol. The van der Waals surface area contributed by atoms with Crippen LogP contribution >= 0.6 is 15.9 Å². The van der Waals surface area contributed by atoms with Crippen LogP contribution in [0.3, 0.4) is 0 Å². The Morgan fingerprint density at radius 3 is 2.76 bits per heavy atom. The minimum absolute atomic E-state index is 0.101. The van der Waals surface area contributed by atoms with Crippen molar-refractivity contribution in [2.24, 2.45) is 0 Å². The first-order valence-electron chi connectivity index (χ1n) is 6.66. The van der Waals surface area contributed by atoms with Crippen molar-refractivity contribution in [3.05, 3.63) is 63.9 Å². The van der Waals surface area contributed by atoms with Gasteiger partial charge in [0, 0.05) is 24.3 Å². The number of amides is 1. The second kappa shape index (κ2) is 7.22. The van der Waals surface area contributed by atoms with Crippen LogP contribution in [0, 0.1) is 5.82 Å². The van der Waals surface area contributed by atoms with Crippen molar-refractivity contribution in [1.82, 2.24) is 5.32 Å². The van der Waals surface area contributed by atoms with Gasteiger partial charge in [-0.1, -0.05) is 12.1 Å². The molecule has 2 aromatic carbocycles. The van der Waals surface area contributed by atoms with Gasteiger partial charge in [0.15, 0.2) is 0 Å². The fraction of sp³-hybridized carbons (Fsp3) is 0.188. The van der Waals surface area contributed by atoms with Gasteiger partial charge in [-0.3, -0.25) is 4.79 Å². The molecular formula is C16H16BrFN2O. The smallest absolute Gasteiger partial charge is 0.251 e. The Kier molecular flexibility index (Phi) is 5.33. The maximum atomic E-state index is 13.4. The van der Waals surface area contributed by atoms with E-state index in [0.29, 0.717) is 23.1 Å². The lowest BCUT2D eigenvalue weighted by molar-refractivity contribution is 0.0956. The number of hydrogen-bond donors (Lipinski definition) is 2. The van der Waals surface area contributed by atoms with Crippen molar-refractivity contribution in [2.75, 3.05) is 11.9 Å². The fourth-order valence-electron chi connectivity index (χ4n) is 1.89. The van der Waals surface area contributed by atoms with Crippen molar-refractivity contribution in [1.29, 1.82) is 0 Å². The highest BCUT2D eigenvalue weighted by Crippen LogP contribution is 2.18. The van der Waals surface area contributed by atoms with E-state index in [0.717, 1.165) is 11.3 Å². The molecule has 5 heteroatoms. The lowest BCUT2D eigenvalue weighted by atomic mass is 10.1. The standard InChI is InChI=1S/C16H16BrFN2O/c1-2-19-16(21)12-4-3-5-13(9-12)20-10-11-6-7-14(17)15(18)8-11/h3-9,20H,2,10H2,1H3,(H,19,21). The minimum atomic E-state index is -0.287. The maximum absolute atomic E-state index is 13.4. The Labute approximate surface area is 131 Å². The number of hydrogen-bond acceptors (Lipinski definition) is 2. The number of carbonyl (C=O) groups excluding carboxylic acids is 1. The van der Waals surface area contributed by atoms with Crippen LogP contribution in [0.25, 0.3) is 0 Å². The molecule has 0 fully saturated rings. The Hall–Kier alpha value is -1.88. The summed E-state index contributed by atoms with van der Waals surface area (Å²) < 4.78 is 13.9. The van der Waals surface area contributed by atoms with Crippen molar-refractivity contribution < 1.29 is 9.18 Å². The first kappa shape index (κ1) is 15.5. The first-order chi connectivity index (χ1) is 10.1. The number of benzene rings is 2. The monoisotopic (exact) mass is 350 g/mol. The van der Waals surface area contributed by atoms with Gasteiger partial charge in [0.25, 0.3) is 5.91 Å². The molecule has 3 nitrogen and oxygen atoms in total. The third-order valence-corrected chi connectivity index (χ3v) is 3.59. The lowest BCUT2D eigenvalue weighted by Crippen LogP contribution is -2.22. The number of carbonyl (C=O) groups is 1. The van der Waals surface area contributed by atoms with Crippen LogP contribution in [0.2, 0.25) is 0 Å². The Morgan fingerprint density at radius 1 is 1.24 bits per heavy atom. The summed E-state index contributed by atoms with van der Waals surface area (Å²) in [7, 11) is 0. The predicted octanol–water partition coefficient (Wildman–Crippen LogP) is 3.95. The van der Waals surface area contributed by atoms with Crippen LogP contribution in [-0.4, -0.2) is 12.5 Å². The molecule has 0 spiro atoms. The predicted molar refractivity (Wildman–Crippen MR) is 85.9 cm³/mol. The van der Waals surface area contributed by atoms with Gasteiger partial charge in [0.2, 0.25) is 0 Å². The van der Waals surface area contributed by atoms with E-state index in [9.17, 15) is 9.18 Å². The Morgan fingerprint density at radius 2 is 2.05 bits per heavy atom. The van der Waals surface area contributed by atoms with E-state index in [-0.39, 0.29) is 11.7 Å². The number of halogens is 2. The van der Waals surface area contributed by atoms with Gasteiger partial charge < -0.3 is 10.6 Å². The van der Waals surface area contributed by atoms with E-state index < -0.39 is 0 Å².